The van der Waals surface area contributed by atoms with Gasteiger partial charge in [-0.15, -0.1) is 0 Å². The van der Waals surface area contributed by atoms with E-state index in [9.17, 15) is 4.79 Å². The number of hydrogen-bond donors (Lipinski definition) is 2. The molecular formula is C26H39N5O2. The quantitative estimate of drug-likeness (QED) is 0.532. The SMILES string of the molecule is CCCCOc1ccc(NC(=O)NCC(c2ccc(N(C)C)cc2)N2CCN(C)CC2)cc1. The van der Waals surface area contributed by atoms with Crippen LogP contribution < -0.4 is 20.3 Å². The molecule has 2 aromatic carbocycles. The van der Waals surface area contributed by atoms with Crippen molar-refractivity contribution in [1.82, 2.24) is 15.1 Å². The molecule has 1 aliphatic rings. The molecule has 0 radical (unpaired) electrons. The number of amides is 2. The molecule has 33 heavy (non-hydrogen) atoms. The van der Waals surface area contributed by atoms with E-state index in [1.165, 1.54) is 11.3 Å². The van der Waals surface area contributed by atoms with Crippen LogP contribution >= 0.6 is 0 Å². The Morgan fingerprint density at radius 3 is 2.30 bits per heavy atom. The van der Waals surface area contributed by atoms with Gasteiger partial charge in [0.25, 0.3) is 0 Å². The molecule has 180 valence electrons. The van der Waals surface area contributed by atoms with E-state index >= 15 is 0 Å². The fourth-order valence-electron chi connectivity index (χ4n) is 3.92. The molecule has 7 nitrogen and oxygen atoms in total. The van der Waals surface area contributed by atoms with Crippen molar-refractivity contribution >= 4 is 17.4 Å². The zero-order valence-electron chi connectivity index (χ0n) is 20.5. The number of nitrogens with zero attached hydrogens (tertiary/aromatic N) is 3. The second kappa shape index (κ2) is 12.5. The van der Waals surface area contributed by atoms with Crippen molar-refractivity contribution in [3.8, 4) is 5.75 Å². The summed E-state index contributed by atoms with van der Waals surface area (Å²) in [5, 5.41) is 6.02. The van der Waals surface area contributed by atoms with Gasteiger partial charge in [-0.3, -0.25) is 4.90 Å². The molecule has 2 amide bonds. The third-order valence-corrected chi connectivity index (χ3v) is 6.11. The van der Waals surface area contributed by atoms with Gasteiger partial charge < -0.3 is 25.2 Å². The third-order valence-electron chi connectivity index (χ3n) is 6.11. The highest BCUT2D eigenvalue weighted by Crippen LogP contribution is 2.24. The van der Waals surface area contributed by atoms with Gasteiger partial charge in [-0.1, -0.05) is 25.5 Å². The first kappa shape index (κ1) is 24.9. The smallest absolute Gasteiger partial charge is 0.319 e. The van der Waals surface area contributed by atoms with E-state index < -0.39 is 0 Å². The molecule has 1 unspecified atom stereocenters. The molecule has 0 bridgehead atoms. The number of hydrogen-bond acceptors (Lipinski definition) is 5. The number of ether oxygens (including phenoxy) is 1. The van der Waals surface area contributed by atoms with Gasteiger partial charge in [0.1, 0.15) is 5.75 Å². The molecule has 0 aliphatic carbocycles. The van der Waals surface area contributed by atoms with Crippen LogP contribution in [0.2, 0.25) is 0 Å². The molecule has 0 spiro atoms. The van der Waals surface area contributed by atoms with Gasteiger partial charge in [0, 0.05) is 58.2 Å². The average Bonchev–Trinajstić information content (AvgIpc) is 2.82. The fourth-order valence-corrected chi connectivity index (χ4v) is 3.92. The van der Waals surface area contributed by atoms with Crippen molar-refractivity contribution in [2.45, 2.75) is 25.8 Å². The summed E-state index contributed by atoms with van der Waals surface area (Å²) in [7, 11) is 6.25. The van der Waals surface area contributed by atoms with Gasteiger partial charge in [0.05, 0.1) is 12.6 Å². The summed E-state index contributed by atoms with van der Waals surface area (Å²) in [5.74, 6) is 0.825. The van der Waals surface area contributed by atoms with E-state index in [1.807, 2.05) is 38.4 Å². The van der Waals surface area contributed by atoms with Crippen LogP contribution in [-0.2, 0) is 0 Å². The molecule has 2 aromatic rings. The molecule has 3 rings (SSSR count). The number of carbonyl (C=O) groups is 1. The summed E-state index contributed by atoms with van der Waals surface area (Å²) < 4.78 is 5.69. The predicted molar refractivity (Wildman–Crippen MR) is 136 cm³/mol. The lowest BCUT2D eigenvalue weighted by atomic mass is 10.0. The van der Waals surface area contributed by atoms with E-state index in [4.69, 9.17) is 4.74 Å². The van der Waals surface area contributed by atoms with Crippen molar-refractivity contribution in [3.63, 3.8) is 0 Å². The molecule has 0 saturated carbocycles. The second-order valence-corrected chi connectivity index (χ2v) is 8.90. The van der Waals surface area contributed by atoms with Crippen molar-refractivity contribution in [1.29, 1.82) is 0 Å². The summed E-state index contributed by atoms with van der Waals surface area (Å²) in [6.45, 7) is 7.44. The Morgan fingerprint density at radius 2 is 1.70 bits per heavy atom. The number of benzene rings is 2. The molecule has 1 fully saturated rings. The minimum atomic E-state index is -0.196. The van der Waals surface area contributed by atoms with Crippen LogP contribution in [0, 0.1) is 0 Å². The van der Waals surface area contributed by atoms with Gasteiger partial charge in [-0.05, 0) is 55.4 Å². The Hall–Kier alpha value is -2.77. The second-order valence-electron chi connectivity index (χ2n) is 8.90. The standard InChI is InChI=1S/C26H39N5O2/c1-5-6-19-33-24-13-9-22(10-14-24)28-26(32)27-20-25(31-17-15-30(4)16-18-31)21-7-11-23(12-8-21)29(2)3/h7-14,25H,5-6,15-20H2,1-4H3,(H2,27,28,32). The summed E-state index contributed by atoms with van der Waals surface area (Å²) in [6, 6.07) is 16.1. The van der Waals surface area contributed by atoms with Crippen LogP contribution in [0.25, 0.3) is 0 Å². The molecular weight excluding hydrogens is 414 g/mol. The van der Waals surface area contributed by atoms with Crippen LogP contribution in [-0.4, -0.2) is 76.3 Å². The summed E-state index contributed by atoms with van der Waals surface area (Å²) in [4.78, 5) is 19.5. The maximum atomic E-state index is 12.6. The lowest BCUT2D eigenvalue weighted by Crippen LogP contribution is -2.48. The molecule has 1 saturated heterocycles. The van der Waals surface area contributed by atoms with Crippen LogP contribution in [0.4, 0.5) is 16.2 Å². The first-order valence-corrected chi connectivity index (χ1v) is 11.9. The Morgan fingerprint density at radius 1 is 1.03 bits per heavy atom. The number of anilines is 2. The van der Waals surface area contributed by atoms with Crippen LogP contribution in [0.1, 0.15) is 31.4 Å². The Labute approximate surface area is 198 Å². The largest absolute Gasteiger partial charge is 0.494 e. The zero-order chi connectivity index (χ0) is 23.6. The molecule has 1 heterocycles. The minimum Gasteiger partial charge on any atom is -0.494 e. The van der Waals surface area contributed by atoms with Gasteiger partial charge in [0.2, 0.25) is 0 Å². The third kappa shape index (κ3) is 7.65. The lowest BCUT2D eigenvalue weighted by Gasteiger charge is -2.38. The molecule has 1 atom stereocenters. The van der Waals surface area contributed by atoms with E-state index in [-0.39, 0.29) is 12.1 Å². The highest BCUT2D eigenvalue weighted by atomic mass is 16.5. The van der Waals surface area contributed by atoms with Crippen molar-refractivity contribution in [3.05, 3.63) is 54.1 Å². The van der Waals surface area contributed by atoms with Crippen molar-refractivity contribution < 1.29 is 9.53 Å². The van der Waals surface area contributed by atoms with E-state index in [0.717, 1.165) is 50.5 Å². The molecule has 7 heteroatoms. The number of rotatable bonds is 10. The van der Waals surface area contributed by atoms with E-state index in [1.54, 1.807) is 0 Å². The van der Waals surface area contributed by atoms with Gasteiger partial charge in [-0.2, -0.15) is 0 Å². The van der Waals surface area contributed by atoms with Crippen molar-refractivity contribution in [2.75, 3.05) is 70.7 Å². The highest BCUT2D eigenvalue weighted by Gasteiger charge is 2.24. The van der Waals surface area contributed by atoms with Crippen LogP contribution in [0.15, 0.2) is 48.5 Å². The zero-order valence-corrected chi connectivity index (χ0v) is 20.5. The fraction of sp³-hybridized carbons (Fsp3) is 0.500. The predicted octanol–water partition coefficient (Wildman–Crippen LogP) is 4.04. The average molecular weight is 454 g/mol. The topological polar surface area (TPSA) is 60.1 Å². The number of urea groups is 1. The summed E-state index contributed by atoms with van der Waals surface area (Å²) >= 11 is 0. The normalized spacial score (nSPS) is 15.6. The lowest BCUT2D eigenvalue weighted by molar-refractivity contribution is 0.111. The number of likely N-dealkylation sites (N-methyl/N-ethyl adjacent to an activating group) is 1. The van der Waals surface area contributed by atoms with E-state index in [0.29, 0.717) is 13.2 Å². The molecule has 0 aromatic heterocycles. The van der Waals surface area contributed by atoms with Crippen LogP contribution in [0.5, 0.6) is 5.75 Å². The maximum Gasteiger partial charge on any atom is 0.319 e. The van der Waals surface area contributed by atoms with Crippen LogP contribution in [0.3, 0.4) is 0 Å². The number of unbranched alkanes of at least 4 members (excludes halogenated alkanes) is 1. The number of nitrogens with one attached hydrogen (secondary N) is 2. The van der Waals surface area contributed by atoms with Crippen molar-refractivity contribution in [2.24, 2.45) is 0 Å². The number of piperazine rings is 1. The first-order chi connectivity index (χ1) is 16.0. The monoisotopic (exact) mass is 453 g/mol. The van der Waals surface area contributed by atoms with E-state index in [2.05, 4.69) is 63.6 Å². The highest BCUT2D eigenvalue weighted by molar-refractivity contribution is 5.89. The van der Waals surface area contributed by atoms with Gasteiger partial charge in [0.15, 0.2) is 0 Å². The summed E-state index contributed by atoms with van der Waals surface area (Å²) in [5.41, 5.74) is 3.14. The summed E-state index contributed by atoms with van der Waals surface area (Å²) in [6.07, 6.45) is 2.14. The minimum absolute atomic E-state index is 0.134. The van der Waals surface area contributed by atoms with Gasteiger partial charge in [-0.25, -0.2) is 4.79 Å². The molecule has 1 aliphatic heterocycles. The maximum absolute atomic E-state index is 12.6. The Kier molecular flexibility index (Phi) is 9.39. The molecule has 2 N–H and O–H groups in total. The van der Waals surface area contributed by atoms with Gasteiger partial charge >= 0.3 is 6.03 Å². The number of carbonyl (C=O) groups excluding carboxylic acids is 1. The first-order valence-electron chi connectivity index (χ1n) is 11.9. The Bertz CT molecular complexity index is 846. The Balaban J connectivity index is 1.59.